The van der Waals surface area contributed by atoms with E-state index in [9.17, 15) is 9.18 Å². The summed E-state index contributed by atoms with van der Waals surface area (Å²) >= 11 is 2.98. The van der Waals surface area contributed by atoms with E-state index in [0.29, 0.717) is 5.69 Å². The van der Waals surface area contributed by atoms with Gasteiger partial charge in [-0.1, -0.05) is 22.0 Å². The van der Waals surface area contributed by atoms with Gasteiger partial charge in [-0.15, -0.1) is 0 Å². The Bertz CT molecular complexity index is 290. The van der Waals surface area contributed by atoms with Crippen molar-refractivity contribution in [1.82, 2.24) is 0 Å². The predicted molar refractivity (Wildman–Crippen MR) is 48.8 cm³/mol. The third-order valence-electron chi connectivity index (χ3n) is 1.23. The topological polar surface area (TPSA) is 29.1 Å². The predicted octanol–water partition coefficient (Wildman–Crippen LogP) is 2.16. The van der Waals surface area contributed by atoms with Crippen LogP contribution in [0.25, 0.3) is 0 Å². The molecule has 0 spiro atoms. The number of alkyl halides is 1. The molecule has 0 saturated heterocycles. The molecule has 1 aromatic rings. The minimum Gasteiger partial charge on any atom is -0.325 e. The highest BCUT2D eigenvalue weighted by molar-refractivity contribution is 9.09. The molecular weight excluding hydrogens is 225 g/mol. The zero-order valence-corrected chi connectivity index (χ0v) is 7.77. The molecule has 0 radical (unpaired) electrons. The number of hydrogen-bond acceptors (Lipinski definition) is 1. The summed E-state index contributed by atoms with van der Waals surface area (Å²) in [6.45, 7) is 0. The maximum atomic E-state index is 12.6. The molecule has 0 fully saturated rings. The monoisotopic (exact) mass is 231 g/mol. The van der Waals surface area contributed by atoms with Crippen molar-refractivity contribution in [2.45, 2.75) is 0 Å². The number of carbonyl (C=O) groups is 1. The fourth-order valence-corrected chi connectivity index (χ4v) is 0.901. The van der Waals surface area contributed by atoms with Gasteiger partial charge in [-0.2, -0.15) is 0 Å². The first-order valence-corrected chi connectivity index (χ1v) is 4.46. The highest BCUT2D eigenvalue weighted by Gasteiger charge is 1.99. The van der Waals surface area contributed by atoms with Gasteiger partial charge in [0.2, 0.25) is 5.91 Å². The Morgan fingerprint density at radius 2 is 2.33 bits per heavy atom. The number of nitrogens with one attached hydrogen (secondary N) is 1. The Morgan fingerprint density at radius 1 is 1.58 bits per heavy atom. The van der Waals surface area contributed by atoms with Crippen LogP contribution in [0, 0.1) is 5.82 Å². The molecule has 0 unspecified atom stereocenters. The molecule has 1 aromatic carbocycles. The SMILES string of the molecule is O=C(CBr)Nc1cccc(F)c1. The van der Waals surface area contributed by atoms with Gasteiger partial charge in [0.25, 0.3) is 0 Å². The molecule has 1 N–H and O–H groups in total. The summed E-state index contributed by atoms with van der Waals surface area (Å²) in [5.74, 6) is -0.553. The maximum absolute atomic E-state index is 12.6. The van der Waals surface area contributed by atoms with Crippen molar-refractivity contribution in [3.63, 3.8) is 0 Å². The van der Waals surface area contributed by atoms with E-state index >= 15 is 0 Å². The first-order chi connectivity index (χ1) is 5.72. The zero-order valence-electron chi connectivity index (χ0n) is 6.18. The van der Waals surface area contributed by atoms with Crippen LogP contribution in [-0.2, 0) is 4.79 Å². The van der Waals surface area contributed by atoms with Gasteiger partial charge in [0, 0.05) is 5.69 Å². The summed E-state index contributed by atoms with van der Waals surface area (Å²) in [6, 6.07) is 5.76. The summed E-state index contributed by atoms with van der Waals surface area (Å²) in [7, 11) is 0. The van der Waals surface area contributed by atoms with Crippen molar-refractivity contribution in [3.05, 3.63) is 30.1 Å². The van der Waals surface area contributed by atoms with Gasteiger partial charge in [0.15, 0.2) is 0 Å². The van der Waals surface area contributed by atoms with Gasteiger partial charge in [-0.3, -0.25) is 4.79 Å². The third kappa shape index (κ3) is 2.62. The molecule has 4 heteroatoms. The molecule has 0 atom stereocenters. The number of halogens is 2. The van der Waals surface area contributed by atoms with Crippen LogP contribution in [0.3, 0.4) is 0 Å². The summed E-state index contributed by atoms with van der Waals surface area (Å²) < 4.78 is 12.6. The molecule has 0 aliphatic heterocycles. The zero-order chi connectivity index (χ0) is 8.97. The smallest absolute Gasteiger partial charge is 0.235 e. The first-order valence-electron chi connectivity index (χ1n) is 3.34. The quantitative estimate of drug-likeness (QED) is 0.777. The second-order valence-corrected chi connectivity index (χ2v) is 2.75. The second-order valence-electron chi connectivity index (χ2n) is 2.19. The van der Waals surface area contributed by atoms with Crippen molar-refractivity contribution < 1.29 is 9.18 Å². The fourth-order valence-electron chi connectivity index (χ4n) is 0.761. The molecule has 1 amide bonds. The van der Waals surface area contributed by atoms with Gasteiger partial charge < -0.3 is 5.32 Å². The van der Waals surface area contributed by atoms with Crippen molar-refractivity contribution in [3.8, 4) is 0 Å². The first kappa shape index (κ1) is 9.19. The van der Waals surface area contributed by atoms with Gasteiger partial charge in [0.1, 0.15) is 5.82 Å². The lowest BCUT2D eigenvalue weighted by Gasteiger charge is -2.01. The lowest BCUT2D eigenvalue weighted by molar-refractivity contribution is -0.113. The molecular formula is C8H7BrFNO. The van der Waals surface area contributed by atoms with Crippen molar-refractivity contribution in [2.75, 3.05) is 10.6 Å². The number of benzene rings is 1. The average molecular weight is 232 g/mol. The van der Waals surface area contributed by atoms with Crippen LogP contribution in [0.2, 0.25) is 0 Å². The normalized spacial score (nSPS) is 9.50. The molecule has 2 nitrogen and oxygen atoms in total. The van der Waals surface area contributed by atoms with E-state index in [-0.39, 0.29) is 17.1 Å². The Labute approximate surface area is 77.9 Å². The molecule has 0 bridgehead atoms. The molecule has 12 heavy (non-hydrogen) atoms. The summed E-state index contributed by atoms with van der Waals surface area (Å²) in [5.41, 5.74) is 0.472. The van der Waals surface area contributed by atoms with Gasteiger partial charge in [0.05, 0.1) is 5.33 Å². The number of anilines is 1. The summed E-state index contributed by atoms with van der Waals surface area (Å²) in [4.78, 5) is 10.8. The number of carbonyl (C=O) groups excluding carboxylic acids is 1. The standard InChI is InChI=1S/C8H7BrFNO/c9-5-8(12)11-7-3-1-2-6(10)4-7/h1-4H,5H2,(H,11,12). The number of hydrogen-bond donors (Lipinski definition) is 1. The largest absolute Gasteiger partial charge is 0.325 e. The van der Waals surface area contributed by atoms with E-state index in [1.165, 1.54) is 12.1 Å². The Hall–Kier alpha value is -0.900. The molecule has 0 aromatic heterocycles. The number of rotatable bonds is 2. The van der Waals surface area contributed by atoms with Gasteiger partial charge in [-0.25, -0.2) is 4.39 Å². The number of amides is 1. The van der Waals surface area contributed by atoms with Gasteiger partial charge in [-0.05, 0) is 18.2 Å². The molecule has 64 valence electrons. The van der Waals surface area contributed by atoms with Crippen LogP contribution in [0.5, 0.6) is 0 Å². The average Bonchev–Trinajstić information content (AvgIpc) is 2.04. The van der Waals surface area contributed by atoms with Crippen LogP contribution in [0.15, 0.2) is 24.3 Å². The van der Waals surface area contributed by atoms with E-state index < -0.39 is 0 Å². The molecule has 1 rings (SSSR count). The lowest BCUT2D eigenvalue weighted by atomic mass is 10.3. The van der Waals surface area contributed by atoms with Crippen molar-refractivity contribution in [1.29, 1.82) is 0 Å². The van der Waals surface area contributed by atoms with Crippen LogP contribution >= 0.6 is 15.9 Å². The maximum Gasteiger partial charge on any atom is 0.235 e. The van der Waals surface area contributed by atoms with Crippen LogP contribution in [0.1, 0.15) is 0 Å². The molecule has 0 aliphatic carbocycles. The van der Waals surface area contributed by atoms with E-state index in [0.717, 1.165) is 0 Å². The van der Waals surface area contributed by atoms with Crippen molar-refractivity contribution in [2.24, 2.45) is 0 Å². The van der Waals surface area contributed by atoms with Crippen LogP contribution in [0.4, 0.5) is 10.1 Å². The van der Waals surface area contributed by atoms with Crippen molar-refractivity contribution >= 4 is 27.5 Å². The second kappa shape index (κ2) is 4.21. The van der Waals surface area contributed by atoms with Crippen LogP contribution < -0.4 is 5.32 Å². The Balaban J connectivity index is 2.69. The van der Waals surface area contributed by atoms with E-state index in [1.54, 1.807) is 12.1 Å². The highest BCUT2D eigenvalue weighted by atomic mass is 79.9. The van der Waals surface area contributed by atoms with E-state index in [1.807, 2.05) is 0 Å². The molecule has 0 aliphatic rings. The molecule has 0 heterocycles. The highest BCUT2D eigenvalue weighted by Crippen LogP contribution is 2.08. The minimum atomic E-state index is -0.359. The molecule has 0 saturated carbocycles. The minimum absolute atomic E-state index is 0.194. The Morgan fingerprint density at radius 3 is 2.92 bits per heavy atom. The summed E-state index contributed by atoms with van der Waals surface area (Å²) in [5, 5.41) is 2.72. The van der Waals surface area contributed by atoms with Crippen LogP contribution in [-0.4, -0.2) is 11.2 Å². The lowest BCUT2D eigenvalue weighted by Crippen LogP contribution is -2.12. The van der Waals surface area contributed by atoms with Gasteiger partial charge >= 0.3 is 0 Å². The van der Waals surface area contributed by atoms with E-state index in [2.05, 4.69) is 21.2 Å². The Kier molecular flexibility index (Phi) is 3.22. The fraction of sp³-hybridized carbons (Fsp3) is 0.125. The third-order valence-corrected chi connectivity index (χ3v) is 1.74. The van der Waals surface area contributed by atoms with E-state index in [4.69, 9.17) is 0 Å². The summed E-state index contributed by atoms with van der Waals surface area (Å²) in [6.07, 6.45) is 0.